The Labute approximate surface area is 103 Å². The van der Waals surface area contributed by atoms with Gasteiger partial charge in [0, 0.05) is 6.42 Å². The standard InChI is InChI=1S/C13H12FNO3/c1-8-12(13(16)17)15-11(18-8)7-4-9-2-5-10(14)6-3-9/h2-3,5-6H,4,7H2,1H3,(H,16,17). The van der Waals surface area contributed by atoms with Gasteiger partial charge in [0.25, 0.3) is 0 Å². The number of carboxylic acid groups (broad SMARTS) is 1. The lowest BCUT2D eigenvalue weighted by Crippen LogP contribution is -1.99. The summed E-state index contributed by atoms with van der Waals surface area (Å²) in [5, 5.41) is 8.83. The van der Waals surface area contributed by atoms with E-state index in [1.165, 1.54) is 12.1 Å². The van der Waals surface area contributed by atoms with E-state index in [0.29, 0.717) is 24.5 Å². The van der Waals surface area contributed by atoms with Crippen molar-refractivity contribution >= 4 is 5.97 Å². The Bertz CT molecular complexity index is 560. The molecule has 0 saturated carbocycles. The number of carboxylic acids is 1. The average Bonchev–Trinajstić information content (AvgIpc) is 2.70. The summed E-state index contributed by atoms with van der Waals surface area (Å²) in [7, 11) is 0. The number of rotatable bonds is 4. The third-order valence-corrected chi connectivity index (χ3v) is 2.58. The van der Waals surface area contributed by atoms with Crippen LogP contribution in [-0.2, 0) is 12.8 Å². The van der Waals surface area contributed by atoms with Crippen molar-refractivity contribution in [3.63, 3.8) is 0 Å². The van der Waals surface area contributed by atoms with Crippen LogP contribution in [0.3, 0.4) is 0 Å². The van der Waals surface area contributed by atoms with Gasteiger partial charge in [-0.1, -0.05) is 12.1 Å². The molecule has 2 rings (SSSR count). The van der Waals surface area contributed by atoms with Crippen LogP contribution < -0.4 is 0 Å². The third-order valence-electron chi connectivity index (χ3n) is 2.58. The lowest BCUT2D eigenvalue weighted by Gasteiger charge is -1.98. The number of aryl methyl sites for hydroxylation is 3. The van der Waals surface area contributed by atoms with Crippen molar-refractivity contribution in [2.75, 3.05) is 0 Å². The van der Waals surface area contributed by atoms with Gasteiger partial charge in [-0.05, 0) is 31.0 Å². The molecule has 1 N–H and O–H groups in total. The van der Waals surface area contributed by atoms with Gasteiger partial charge in [-0.2, -0.15) is 0 Å². The largest absolute Gasteiger partial charge is 0.476 e. The Morgan fingerprint density at radius 1 is 1.33 bits per heavy atom. The van der Waals surface area contributed by atoms with E-state index >= 15 is 0 Å². The Morgan fingerprint density at radius 3 is 2.56 bits per heavy atom. The van der Waals surface area contributed by atoms with Crippen molar-refractivity contribution in [3.8, 4) is 0 Å². The molecule has 18 heavy (non-hydrogen) atoms. The van der Waals surface area contributed by atoms with Crippen molar-refractivity contribution in [2.45, 2.75) is 19.8 Å². The molecule has 0 unspecified atom stereocenters. The number of nitrogens with zero attached hydrogens (tertiary/aromatic N) is 1. The quantitative estimate of drug-likeness (QED) is 0.904. The van der Waals surface area contributed by atoms with Crippen LogP contribution in [0.4, 0.5) is 4.39 Å². The number of hydrogen-bond acceptors (Lipinski definition) is 3. The first-order valence-corrected chi connectivity index (χ1v) is 5.50. The Kier molecular flexibility index (Phi) is 3.41. The molecule has 1 heterocycles. The van der Waals surface area contributed by atoms with Gasteiger partial charge in [0.2, 0.25) is 0 Å². The van der Waals surface area contributed by atoms with E-state index in [1.54, 1.807) is 19.1 Å². The number of oxazole rings is 1. The zero-order chi connectivity index (χ0) is 13.1. The molecule has 1 aromatic carbocycles. The first-order chi connectivity index (χ1) is 8.56. The van der Waals surface area contributed by atoms with Crippen molar-refractivity contribution in [1.29, 1.82) is 0 Å². The highest BCUT2D eigenvalue weighted by Gasteiger charge is 2.15. The van der Waals surface area contributed by atoms with Crippen LogP contribution in [0.1, 0.15) is 27.7 Å². The molecule has 0 aliphatic heterocycles. The SMILES string of the molecule is Cc1oc(CCc2ccc(F)cc2)nc1C(=O)O. The molecule has 0 fully saturated rings. The normalized spacial score (nSPS) is 10.6. The van der Waals surface area contributed by atoms with Gasteiger partial charge in [0.05, 0.1) is 0 Å². The average molecular weight is 249 g/mol. The van der Waals surface area contributed by atoms with E-state index in [2.05, 4.69) is 4.98 Å². The van der Waals surface area contributed by atoms with E-state index in [-0.39, 0.29) is 11.5 Å². The molecule has 0 amide bonds. The maximum absolute atomic E-state index is 12.7. The van der Waals surface area contributed by atoms with E-state index in [1.807, 2.05) is 0 Å². The predicted molar refractivity (Wildman–Crippen MR) is 62.0 cm³/mol. The number of halogens is 1. The van der Waals surface area contributed by atoms with Crippen molar-refractivity contribution in [1.82, 2.24) is 4.98 Å². The van der Waals surface area contributed by atoms with E-state index < -0.39 is 5.97 Å². The molecular weight excluding hydrogens is 237 g/mol. The summed E-state index contributed by atoms with van der Waals surface area (Å²) >= 11 is 0. The molecule has 0 saturated heterocycles. The van der Waals surface area contributed by atoms with Crippen LogP contribution in [0.25, 0.3) is 0 Å². The van der Waals surface area contributed by atoms with Gasteiger partial charge in [-0.15, -0.1) is 0 Å². The number of aromatic nitrogens is 1. The number of benzene rings is 1. The fraction of sp³-hybridized carbons (Fsp3) is 0.231. The second-order valence-electron chi connectivity index (χ2n) is 3.94. The van der Waals surface area contributed by atoms with Crippen LogP contribution in [-0.4, -0.2) is 16.1 Å². The van der Waals surface area contributed by atoms with Gasteiger partial charge < -0.3 is 9.52 Å². The first kappa shape index (κ1) is 12.3. The Balaban J connectivity index is 2.04. The molecule has 94 valence electrons. The first-order valence-electron chi connectivity index (χ1n) is 5.50. The number of hydrogen-bond donors (Lipinski definition) is 1. The van der Waals surface area contributed by atoms with E-state index in [0.717, 1.165) is 5.56 Å². The predicted octanol–water partition coefficient (Wildman–Crippen LogP) is 2.61. The highest BCUT2D eigenvalue weighted by molar-refractivity contribution is 5.86. The van der Waals surface area contributed by atoms with Crippen LogP contribution in [0.5, 0.6) is 0 Å². The Hall–Kier alpha value is -2.17. The van der Waals surface area contributed by atoms with E-state index in [4.69, 9.17) is 9.52 Å². The number of aromatic carboxylic acids is 1. The maximum Gasteiger partial charge on any atom is 0.358 e. The highest BCUT2D eigenvalue weighted by atomic mass is 19.1. The van der Waals surface area contributed by atoms with Gasteiger partial charge in [-0.25, -0.2) is 14.2 Å². The summed E-state index contributed by atoms with van der Waals surface area (Å²) in [6.45, 7) is 1.57. The van der Waals surface area contributed by atoms with Crippen LogP contribution in [0.2, 0.25) is 0 Å². The fourth-order valence-electron chi connectivity index (χ4n) is 1.66. The summed E-state index contributed by atoms with van der Waals surface area (Å²) in [6.07, 6.45) is 1.11. The smallest absolute Gasteiger partial charge is 0.358 e. The van der Waals surface area contributed by atoms with Gasteiger partial charge in [0.1, 0.15) is 11.6 Å². The van der Waals surface area contributed by atoms with Crippen LogP contribution in [0, 0.1) is 12.7 Å². The van der Waals surface area contributed by atoms with Crippen LogP contribution in [0.15, 0.2) is 28.7 Å². The van der Waals surface area contributed by atoms with Gasteiger partial charge in [-0.3, -0.25) is 0 Å². The topological polar surface area (TPSA) is 63.3 Å². The molecule has 5 heteroatoms. The summed E-state index contributed by atoms with van der Waals surface area (Å²) in [5.74, 6) is -0.686. The highest BCUT2D eigenvalue weighted by Crippen LogP contribution is 2.13. The maximum atomic E-state index is 12.7. The minimum Gasteiger partial charge on any atom is -0.476 e. The second kappa shape index (κ2) is 5.00. The summed E-state index contributed by atoms with van der Waals surface area (Å²) in [6, 6.07) is 6.14. The number of carbonyl (C=O) groups is 1. The minimum absolute atomic E-state index is 0.0518. The molecule has 2 aromatic rings. The molecule has 0 aliphatic carbocycles. The molecule has 4 nitrogen and oxygen atoms in total. The van der Waals surface area contributed by atoms with Gasteiger partial charge >= 0.3 is 5.97 Å². The monoisotopic (exact) mass is 249 g/mol. The second-order valence-corrected chi connectivity index (χ2v) is 3.94. The Morgan fingerprint density at radius 2 is 2.00 bits per heavy atom. The van der Waals surface area contributed by atoms with E-state index in [9.17, 15) is 9.18 Å². The van der Waals surface area contributed by atoms with Crippen molar-refractivity contribution < 1.29 is 18.7 Å². The molecular formula is C13H12FNO3. The minimum atomic E-state index is -1.09. The zero-order valence-electron chi connectivity index (χ0n) is 9.81. The van der Waals surface area contributed by atoms with Crippen LogP contribution >= 0.6 is 0 Å². The third kappa shape index (κ3) is 2.74. The summed E-state index contributed by atoms with van der Waals surface area (Å²) < 4.78 is 18.0. The lowest BCUT2D eigenvalue weighted by atomic mass is 10.1. The molecule has 0 radical (unpaired) electrons. The lowest BCUT2D eigenvalue weighted by molar-refractivity contribution is 0.0689. The molecule has 0 spiro atoms. The summed E-state index contributed by atoms with van der Waals surface area (Å²) in [5.41, 5.74) is 0.897. The van der Waals surface area contributed by atoms with Crippen molar-refractivity contribution in [2.24, 2.45) is 0 Å². The van der Waals surface area contributed by atoms with Crippen molar-refractivity contribution in [3.05, 3.63) is 53.0 Å². The van der Waals surface area contributed by atoms with Gasteiger partial charge in [0.15, 0.2) is 11.6 Å². The molecule has 1 aromatic heterocycles. The molecule has 0 aliphatic rings. The molecule has 0 atom stereocenters. The fourth-order valence-corrected chi connectivity index (χ4v) is 1.66. The molecule has 0 bridgehead atoms. The summed E-state index contributed by atoms with van der Waals surface area (Å²) in [4.78, 5) is 14.7. The zero-order valence-corrected chi connectivity index (χ0v) is 9.81.